The van der Waals surface area contributed by atoms with Crippen molar-refractivity contribution >= 4 is 38.7 Å². The molecule has 7 nitrogen and oxygen atoms in total. The molecule has 0 saturated carbocycles. The number of carbonyl (C=O) groups is 2. The topological polar surface area (TPSA) is 83.0 Å². The van der Waals surface area contributed by atoms with Gasteiger partial charge in [-0.05, 0) is 39.0 Å². The van der Waals surface area contributed by atoms with Gasteiger partial charge in [0.05, 0.1) is 22.3 Å². The smallest absolute Gasteiger partial charge is 0.416 e. The molecule has 11 heteroatoms. The first-order valence-corrected chi connectivity index (χ1v) is 9.62. The number of ether oxygens (including phenoxy) is 1. The summed E-state index contributed by atoms with van der Waals surface area (Å²) in [6.45, 7) is 5.41. The van der Waals surface area contributed by atoms with Crippen LogP contribution in [0, 0.1) is 0 Å². The SMILES string of the molecule is CC(C)(C)OC(=O)N1CCN(c2nc3ccc(C(F)(F)F)cc3s2)[C@H](C(=O)O)C1. The van der Waals surface area contributed by atoms with Gasteiger partial charge in [0.15, 0.2) is 5.13 Å². The molecule has 2 heterocycles. The second-order valence-corrected chi connectivity index (χ2v) is 8.66. The number of carbonyl (C=O) groups excluding carboxylic acids is 1. The molecule has 29 heavy (non-hydrogen) atoms. The highest BCUT2D eigenvalue weighted by molar-refractivity contribution is 7.22. The molecule has 1 fully saturated rings. The Morgan fingerprint density at radius 1 is 1.24 bits per heavy atom. The van der Waals surface area contributed by atoms with Gasteiger partial charge >= 0.3 is 18.2 Å². The van der Waals surface area contributed by atoms with Crippen LogP contribution >= 0.6 is 11.3 Å². The molecule has 1 aliphatic heterocycles. The lowest BCUT2D eigenvalue weighted by Crippen LogP contribution is -2.58. The van der Waals surface area contributed by atoms with E-state index in [9.17, 15) is 27.9 Å². The fourth-order valence-corrected chi connectivity index (χ4v) is 4.01. The van der Waals surface area contributed by atoms with Crippen molar-refractivity contribution in [2.75, 3.05) is 24.5 Å². The standard InChI is InChI=1S/C18H20F3N3O4S/c1-17(2,3)28-16(27)23-6-7-24(12(9-23)14(25)26)15-22-11-5-4-10(18(19,20)21)8-13(11)29-15/h4-5,8,12H,6-7,9H2,1-3H3,(H,25,26)/t12-/m0/s1. The van der Waals surface area contributed by atoms with Gasteiger partial charge in [0.25, 0.3) is 0 Å². The number of aliphatic carboxylic acids is 1. The van der Waals surface area contributed by atoms with Crippen LogP contribution in [-0.4, -0.2) is 58.3 Å². The maximum Gasteiger partial charge on any atom is 0.416 e. The van der Waals surface area contributed by atoms with Crippen LogP contribution in [0.3, 0.4) is 0 Å². The largest absolute Gasteiger partial charge is 0.480 e. The Morgan fingerprint density at radius 2 is 1.93 bits per heavy atom. The van der Waals surface area contributed by atoms with Gasteiger partial charge in [0.2, 0.25) is 0 Å². The van der Waals surface area contributed by atoms with Gasteiger partial charge in [-0.2, -0.15) is 13.2 Å². The van der Waals surface area contributed by atoms with Crippen molar-refractivity contribution in [2.45, 2.75) is 38.6 Å². The fourth-order valence-electron chi connectivity index (χ4n) is 2.93. The first-order chi connectivity index (χ1) is 13.3. The Labute approximate surface area is 168 Å². The van der Waals surface area contributed by atoms with E-state index < -0.39 is 35.4 Å². The molecule has 1 saturated heterocycles. The summed E-state index contributed by atoms with van der Waals surface area (Å²) < 4.78 is 44.4. The zero-order chi connectivity index (χ0) is 21.6. The number of piperazine rings is 1. The molecule has 1 aromatic heterocycles. The molecule has 3 rings (SSSR count). The number of hydrogen-bond donors (Lipinski definition) is 1. The van der Waals surface area contributed by atoms with Gasteiger partial charge in [-0.15, -0.1) is 0 Å². The number of rotatable bonds is 2. The second-order valence-electron chi connectivity index (χ2n) is 7.65. The third kappa shape index (κ3) is 4.72. The third-order valence-corrected chi connectivity index (χ3v) is 5.32. The molecule has 1 amide bonds. The lowest BCUT2D eigenvalue weighted by molar-refractivity contribution is -0.139. The molecule has 0 bridgehead atoms. The van der Waals surface area contributed by atoms with Crippen molar-refractivity contribution in [2.24, 2.45) is 0 Å². The monoisotopic (exact) mass is 431 g/mol. The van der Waals surface area contributed by atoms with Gasteiger partial charge in [0, 0.05) is 13.1 Å². The van der Waals surface area contributed by atoms with E-state index in [1.54, 1.807) is 20.8 Å². The molecule has 1 aliphatic rings. The van der Waals surface area contributed by atoms with Crippen molar-refractivity contribution in [1.82, 2.24) is 9.88 Å². The van der Waals surface area contributed by atoms with E-state index in [4.69, 9.17) is 4.74 Å². The summed E-state index contributed by atoms with van der Waals surface area (Å²) in [5.74, 6) is -1.16. The van der Waals surface area contributed by atoms with E-state index in [0.29, 0.717) is 15.3 Å². The highest BCUT2D eigenvalue weighted by atomic mass is 32.1. The normalized spacial score (nSPS) is 18.2. The number of carboxylic acids is 1. The van der Waals surface area contributed by atoms with Crippen LogP contribution in [0.2, 0.25) is 0 Å². The number of nitrogens with zero attached hydrogens (tertiary/aromatic N) is 3. The zero-order valence-electron chi connectivity index (χ0n) is 16.0. The van der Waals surface area contributed by atoms with Gasteiger partial charge in [-0.25, -0.2) is 14.6 Å². The summed E-state index contributed by atoms with van der Waals surface area (Å²) in [5.41, 5.74) is -1.14. The number of alkyl halides is 3. The minimum absolute atomic E-state index is 0.117. The second kappa shape index (κ2) is 7.36. The maximum atomic E-state index is 12.9. The van der Waals surface area contributed by atoms with Crippen LogP contribution in [-0.2, 0) is 15.7 Å². The van der Waals surface area contributed by atoms with Crippen molar-refractivity contribution in [3.63, 3.8) is 0 Å². The van der Waals surface area contributed by atoms with E-state index in [-0.39, 0.29) is 19.6 Å². The van der Waals surface area contributed by atoms with Crippen molar-refractivity contribution in [1.29, 1.82) is 0 Å². The molecular weight excluding hydrogens is 411 g/mol. The van der Waals surface area contributed by atoms with Crippen LogP contribution in [0.4, 0.5) is 23.1 Å². The lowest BCUT2D eigenvalue weighted by atomic mass is 10.2. The average Bonchev–Trinajstić information content (AvgIpc) is 3.02. The quantitative estimate of drug-likeness (QED) is 0.778. The van der Waals surface area contributed by atoms with Crippen LogP contribution in [0.5, 0.6) is 0 Å². The number of halogens is 3. The minimum Gasteiger partial charge on any atom is -0.480 e. The van der Waals surface area contributed by atoms with E-state index in [0.717, 1.165) is 23.5 Å². The predicted octanol–water partition coefficient (Wildman–Crippen LogP) is 3.83. The predicted molar refractivity (Wildman–Crippen MR) is 101 cm³/mol. The summed E-state index contributed by atoms with van der Waals surface area (Å²) in [4.78, 5) is 31.2. The van der Waals surface area contributed by atoms with E-state index in [1.165, 1.54) is 15.9 Å². The summed E-state index contributed by atoms with van der Waals surface area (Å²) in [6.07, 6.45) is -5.08. The van der Waals surface area contributed by atoms with Gasteiger partial charge in [-0.3, -0.25) is 0 Å². The molecule has 1 N–H and O–H groups in total. The molecular formula is C18H20F3N3O4S. The summed E-state index contributed by atoms with van der Waals surface area (Å²) in [7, 11) is 0. The Balaban J connectivity index is 1.85. The van der Waals surface area contributed by atoms with E-state index in [1.807, 2.05) is 0 Å². The number of aromatic nitrogens is 1. The highest BCUT2D eigenvalue weighted by Crippen LogP contribution is 2.36. The van der Waals surface area contributed by atoms with E-state index >= 15 is 0 Å². The number of hydrogen-bond acceptors (Lipinski definition) is 6. The fraction of sp³-hybridized carbons (Fsp3) is 0.500. The summed E-state index contributed by atoms with van der Waals surface area (Å²) in [6, 6.07) is 2.13. The number of anilines is 1. The number of benzene rings is 1. The molecule has 1 atom stereocenters. The molecule has 2 aromatic rings. The number of thiazole rings is 1. The highest BCUT2D eigenvalue weighted by Gasteiger charge is 2.37. The first-order valence-electron chi connectivity index (χ1n) is 8.80. The van der Waals surface area contributed by atoms with Crippen molar-refractivity contribution < 1.29 is 32.6 Å². The van der Waals surface area contributed by atoms with Crippen molar-refractivity contribution in [3.8, 4) is 0 Å². The molecule has 0 spiro atoms. The van der Waals surface area contributed by atoms with Gasteiger partial charge in [-0.1, -0.05) is 11.3 Å². The molecule has 0 unspecified atom stereocenters. The zero-order valence-corrected chi connectivity index (χ0v) is 16.8. The van der Waals surface area contributed by atoms with Crippen LogP contribution in [0.15, 0.2) is 18.2 Å². The van der Waals surface area contributed by atoms with Crippen molar-refractivity contribution in [3.05, 3.63) is 23.8 Å². The average molecular weight is 431 g/mol. The summed E-state index contributed by atoms with van der Waals surface area (Å²) >= 11 is 0.992. The number of amides is 1. The van der Waals surface area contributed by atoms with Crippen LogP contribution in [0.25, 0.3) is 10.2 Å². The van der Waals surface area contributed by atoms with Crippen LogP contribution < -0.4 is 4.90 Å². The Morgan fingerprint density at radius 3 is 2.52 bits per heavy atom. The number of fused-ring (bicyclic) bond motifs is 1. The maximum absolute atomic E-state index is 12.9. The summed E-state index contributed by atoms with van der Waals surface area (Å²) in [5, 5.41) is 9.94. The lowest BCUT2D eigenvalue weighted by Gasteiger charge is -2.39. The van der Waals surface area contributed by atoms with Crippen LogP contribution in [0.1, 0.15) is 26.3 Å². The van der Waals surface area contributed by atoms with E-state index in [2.05, 4.69) is 4.98 Å². The molecule has 158 valence electrons. The van der Waals surface area contributed by atoms with Gasteiger partial charge < -0.3 is 19.6 Å². The third-order valence-electron chi connectivity index (χ3n) is 4.27. The molecule has 0 aliphatic carbocycles. The molecule has 1 aromatic carbocycles. The first kappa shape index (κ1) is 21.2. The Kier molecular flexibility index (Phi) is 5.37. The minimum atomic E-state index is -4.47. The van der Waals surface area contributed by atoms with Gasteiger partial charge in [0.1, 0.15) is 11.6 Å². The Hall–Kier alpha value is -2.56. The Bertz CT molecular complexity index is 939. The number of carboxylic acid groups (broad SMARTS) is 1. The molecule has 0 radical (unpaired) electrons.